The highest BCUT2D eigenvalue weighted by Crippen LogP contribution is 2.35. The number of aromatic nitrogens is 1. The number of carboxylic acid groups (broad SMARTS) is 1. The van der Waals surface area contributed by atoms with Gasteiger partial charge in [0.05, 0.1) is 0 Å². The summed E-state index contributed by atoms with van der Waals surface area (Å²) in [4.78, 5) is 11.2. The standard InChI is InChI=1S/C13H11NO5/c1-7-11(13(15)16)12(14-19-7)8-2-3-9-10(6-8)18-5-4-17-9/h2-3,6H,4-5H2,1H3,(H,15,16). The molecule has 0 atom stereocenters. The van der Waals surface area contributed by atoms with Crippen LogP contribution in [-0.4, -0.2) is 29.4 Å². The third kappa shape index (κ3) is 1.91. The van der Waals surface area contributed by atoms with Gasteiger partial charge in [-0.1, -0.05) is 5.16 Å². The summed E-state index contributed by atoms with van der Waals surface area (Å²) in [6.45, 7) is 2.55. The van der Waals surface area contributed by atoms with E-state index < -0.39 is 5.97 Å². The molecular formula is C13H11NO5. The molecule has 0 saturated carbocycles. The highest BCUT2D eigenvalue weighted by Gasteiger charge is 2.22. The van der Waals surface area contributed by atoms with Gasteiger partial charge in [0.15, 0.2) is 11.5 Å². The van der Waals surface area contributed by atoms with E-state index in [-0.39, 0.29) is 11.3 Å². The maximum absolute atomic E-state index is 11.2. The van der Waals surface area contributed by atoms with Crippen LogP contribution in [0.5, 0.6) is 11.5 Å². The number of ether oxygens (including phenoxy) is 2. The first-order valence-electron chi connectivity index (χ1n) is 5.76. The lowest BCUT2D eigenvalue weighted by Crippen LogP contribution is -2.15. The predicted molar refractivity (Wildman–Crippen MR) is 64.6 cm³/mol. The third-order valence-electron chi connectivity index (χ3n) is 2.89. The van der Waals surface area contributed by atoms with Crippen LogP contribution in [0.15, 0.2) is 22.7 Å². The lowest BCUT2D eigenvalue weighted by Gasteiger charge is -2.18. The molecule has 0 aliphatic carbocycles. The highest BCUT2D eigenvalue weighted by molar-refractivity contribution is 5.95. The molecule has 0 saturated heterocycles. The minimum Gasteiger partial charge on any atom is -0.486 e. The number of carboxylic acids is 1. The maximum Gasteiger partial charge on any atom is 0.341 e. The summed E-state index contributed by atoms with van der Waals surface area (Å²) < 4.78 is 15.8. The van der Waals surface area contributed by atoms with E-state index in [0.29, 0.717) is 36.0 Å². The first kappa shape index (κ1) is 11.6. The molecule has 1 aromatic carbocycles. The summed E-state index contributed by atoms with van der Waals surface area (Å²) in [6, 6.07) is 5.18. The quantitative estimate of drug-likeness (QED) is 0.891. The average Bonchev–Trinajstić information content (AvgIpc) is 2.80. The Labute approximate surface area is 108 Å². The molecule has 1 aliphatic heterocycles. The van der Waals surface area contributed by atoms with Crippen molar-refractivity contribution in [3.8, 4) is 22.8 Å². The molecule has 98 valence electrons. The Morgan fingerprint density at radius 1 is 1.26 bits per heavy atom. The molecule has 0 radical (unpaired) electrons. The average molecular weight is 261 g/mol. The maximum atomic E-state index is 11.2. The molecule has 19 heavy (non-hydrogen) atoms. The molecule has 6 nitrogen and oxygen atoms in total. The summed E-state index contributed by atoms with van der Waals surface area (Å²) in [7, 11) is 0. The van der Waals surface area contributed by atoms with E-state index in [1.807, 2.05) is 0 Å². The number of nitrogens with zero attached hydrogens (tertiary/aromatic N) is 1. The van der Waals surface area contributed by atoms with Crippen molar-refractivity contribution < 1.29 is 23.9 Å². The summed E-state index contributed by atoms with van der Waals surface area (Å²) in [5, 5.41) is 13.0. The fourth-order valence-corrected chi connectivity index (χ4v) is 2.01. The molecule has 1 aliphatic rings. The Balaban J connectivity index is 2.10. The molecule has 0 fully saturated rings. The van der Waals surface area contributed by atoms with Gasteiger partial charge in [-0.25, -0.2) is 4.79 Å². The molecule has 3 rings (SSSR count). The van der Waals surface area contributed by atoms with Crippen molar-refractivity contribution in [3.05, 3.63) is 29.5 Å². The smallest absolute Gasteiger partial charge is 0.341 e. The second-order valence-electron chi connectivity index (χ2n) is 4.13. The van der Waals surface area contributed by atoms with Crippen LogP contribution < -0.4 is 9.47 Å². The summed E-state index contributed by atoms with van der Waals surface area (Å²) >= 11 is 0. The van der Waals surface area contributed by atoms with Crippen molar-refractivity contribution in [1.29, 1.82) is 0 Å². The first-order chi connectivity index (χ1) is 9.16. The SMILES string of the molecule is Cc1onc(-c2ccc3c(c2)OCCO3)c1C(=O)O. The van der Waals surface area contributed by atoms with E-state index in [1.54, 1.807) is 25.1 Å². The van der Waals surface area contributed by atoms with E-state index in [2.05, 4.69) is 5.16 Å². The molecule has 0 amide bonds. The zero-order valence-electron chi connectivity index (χ0n) is 10.2. The number of fused-ring (bicyclic) bond motifs is 1. The minimum absolute atomic E-state index is 0.0664. The molecule has 0 spiro atoms. The van der Waals surface area contributed by atoms with Gasteiger partial charge in [0.2, 0.25) is 0 Å². The lowest BCUT2D eigenvalue weighted by atomic mass is 10.1. The topological polar surface area (TPSA) is 81.8 Å². The van der Waals surface area contributed by atoms with Gasteiger partial charge in [-0.2, -0.15) is 0 Å². The summed E-state index contributed by atoms with van der Waals surface area (Å²) in [5.41, 5.74) is 0.983. The lowest BCUT2D eigenvalue weighted by molar-refractivity contribution is 0.0695. The largest absolute Gasteiger partial charge is 0.486 e. The van der Waals surface area contributed by atoms with E-state index >= 15 is 0 Å². The molecule has 1 aromatic heterocycles. The van der Waals surface area contributed by atoms with E-state index in [4.69, 9.17) is 14.0 Å². The van der Waals surface area contributed by atoms with Crippen LogP contribution in [0.4, 0.5) is 0 Å². The Morgan fingerprint density at radius 3 is 2.74 bits per heavy atom. The van der Waals surface area contributed by atoms with Crippen molar-refractivity contribution >= 4 is 5.97 Å². The van der Waals surface area contributed by atoms with Crippen LogP contribution in [0, 0.1) is 6.92 Å². The van der Waals surface area contributed by atoms with Crippen LogP contribution in [0.3, 0.4) is 0 Å². The predicted octanol–water partition coefficient (Wildman–Crippen LogP) is 2.12. The van der Waals surface area contributed by atoms with Gasteiger partial charge in [-0.05, 0) is 25.1 Å². The zero-order chi connectivity index (χ0) is 13.4. The molecular weight excluding hydrogens is 250 g/mol. The van der Waals surface area contributed by atoms with Crippen LogP contribution in [0.25, 0.3) is 11.3 Å². The van der Waals surface area contributed by atoms with Crippen molar-refractivity contribution in [1.82, 2.24) is 5.16 Å². The minimum atomic E-state index is -1.07. The summed E-state index contributed by atoms with van der Waals surface area (Å²) in [6.07, 6.45) is 0. The molecule has 1 N–H and O–H groups in total. The zero-order valence-corrected chi connectivity index (χ0v) is 10.2. The number of carbonyl (C=O) groups is 1. The highest BCUT2D eigenvalue weighted by atomic mass is 16.6. The number of benzene rings is 1. The van der Waals surface area contributed by atoms with E-state index in [9.17, 15) is 9.90 Å². The van der Waals surface area contributed by atoms with Crippen molar-refractivity contribution in [2.24, 2.45) is 0 Å². The van der Waals surface area contributed by atoms with Crippen LogP contribution in [-0.2, 0) is 0 Å². The fraction of sp³-hybridized carbons (Fsp3) is 0.231. The Kier molecular flexibility index (Phi) is 2.63. The molecule has 2 aromatic rings. The van der Waals surface area contributed by atoms with Crippen molar-refractivity contribution in [2.45, 2.75) is 6.92 Å². The monoisotopic (exact) mass is 261 g/mol. The molecule has 2 heterocycles. The Hall–Kier alpha value is -2.50. The van der Waals surface area contributed by atoms with Gasteiger partial charge < -0.3 is 19.1 Å². The fourth-order valence-electron chi connectivity index (χ4n) is 2.01. The third-order valence-corrected chi connectivity index (χ3v) is 2.89. The van der Waals surface area contributed by atoms with Crippen LogP contribution >= 0.6 is 0 Å². The van der Waals surface area contributed by atoms with Gasteiger partial charge >= 0.3 is 5.97 Å². The van der Waals surface area contributed by atoms with Crippen molar-refractivity contribution in [3.63, 3.8) is 0 Å². The second kappa shape index (κ2) is 4.31. The normalized spacial score (nSPS) is 13.3. The number of hydrogen-bond donors (Lipinski definition) is 1. The number of aromatic carboxylic acids is 1. The van der Waals surface area contributed by atoms with E-state index in [1.165, 1.54) is 0 Å². The van der Waals surface area contributed by atoms with Gasteiger partial charge in [0.25, 0.3) is 0 Å². The van der Waals surface area contributed by atoms with Crippen LogP contribution in [0.1, 0.15) is 16.1 Å². The molecule has 0 bridgehead atoms. The van der Waals surface area contributed by atoms with Crippen LogP contribution in [0.2, 0.25) is 0 Å². The van der Waals surface area contributed by atoms with Gasteiger partial charge in [0, 0.05) is 5.56 Å². The number of hydrogen-bond acceptors (Lipinski definition) is 5. The molecule has 6 heteroatoms. The summed E-state index contributed by atoms with van der Waals surface area (Å²) in [5.74, 6) is 0.439. The number of aryl methyl sites for hydroxylation is 1. The van der Waals surface area contributed by atoms with E-state index in [0.717, 1.165) is 0 Å². The second-order valence-corrected chi connectivity index (χ2v) is 4.13. The van der Waals surface area contributed by atoms with Gasteiger partial charge in [-0.15, -0.1) is 0 Å². The Morgan fingerprint density at radius 2 is 2.00 bits per heavy atom. The van der Waals surface area contributed by atoms with Gasteiger partial charge in [0.1, 0.15) is 30.2 Å². The molecule has 0 unspecified atom stereocenters. The van der Waals surface area contributed by atoms with Gasteiger partial charge in [-0.3, -0.25) is 0 Å². The Bertz CT molecular complexity index is 646. The first-order valence-corrected chi connectivity index (χ1v) is 5.76. The number of rotatable bonds is 2. The van der Waals surface area contributed by atoms with Crippen molar-refractivity contribution in [2.75, 3.05) is 13.2 Å².